The van der Waals surface area contributed by atoms with Crippen LogP contribution < -0.4 is 14.9 Å². The molecule has 0 unspecified atom stereocenters. The van der Waals surface area contributed by atoms with Gasteiger partial charge in [0.05, 0.1) is 23.2 Å². The number of anilines is 2. The van der Waals surface area contributed by atoms with Crippen molar-refractivity contribution in [1.82, 2.24) is 5.32 Å². The maximum Gasteiger partial charge on any atom is 0.253 e. The van der Waals surface area contributed by atoms with E-state index in [0.29, 0.717) is 23.5 Å². The number of amides is 2. The molecule has 8 heteroatoms. The number of aryl methyl sites for hydroxylation is 2. The number of benzene rings is 2. The molecule has 2 N–H and O–H groups in total. The highest BCUT2D eigenvalue weighted by atomic mass is 32.2. The second-order valence-corrected chi connectivity index (χ2v) is 9.51. The van der Waals surface area contributed by atoms with E-state index in [1.54, 1.807) is 36.4 Å². The van der Waals surface area contributed by atoms with Gasteiger partial charge in [-0.25, -0.2) is 8.42 Å². The van der Waals surface area contributed by atoms with Gasteiger partial charge in [0.2, 0.25) is 15.9 Å². The summed E-state index contributed by atoms with van der Waals surface area (Å²) < 4.78 is 26.2. The van der Waals surface area contributed by atoms with Crippen LogP contribution in [0.3, 0.4) is 0 Å². The molecule has 0 aliphatic heterocycles. The number of rotatable bonds is 9. The molecule has 2 aromatic rings. The van der Waals surface area contributed by atoms with E-state index in [1.807, 2.05) is 26.8 Å². The summed E-state index contributed by atoms with van der Waals surface area (Å²) in [5, 5.41) is 5.55. The third-order valence-electron chi connectivity index (χ3n) is 5.08. The van der Waals surface area contributed by atoms with Gasteiger partial charge in [0.25, 0.3) is 5.91 Å². The standard InChI is InChI=1S/C23H31N3O4S/c1-6-7-14-24-23(28)20-10-8-9-11-21(20)25-22(27)18(4)26(31(5,29)30)19-13-12-16(2)17(3)15-19/h8-13,15,18H,6-7,14H2,1-5H3,(H,24,28)(H,25,27)/t18-/m0/s1. The Kier molecular flexibility index (Phi) is 8.21. The number of hydrogen-bond donors (Lipinski definition) is 2. The normalized spacial score (nSPS) is 12.2. The average molecular weight is 446 g/mol. The molecular weight excluding hydrogens is 414 g/mol. The quantitative estimate of drug-likeness (QED) is 0.576. The lowest BCUT2D eigenvalue weighted by molar-refractivity contribution is -0.116. The molecule has 1 atom stereocenters. The number of para-hydroxylation sites is 1. The molecule has 2 rings (SSSR count). The van der Waals surface area contributed by atoms with Crippen LogP contribution in [0.15, 0.2) is 42.5 Å². The molecule has 2 aromatic carbocycles. The molecule has 0 bridgehead atoms. The van der Waals surface area contributed by atoms with Crippen LogP contribution in [0.2, 0.25) is 0 Å². The number of hydrogen-bond acceptors (Lipinski definition) is 4. The second kappa shape index (κ2) is 10.4. The first-order valence-electron chi connectivity index (χ1n) is 10.3. The summed E-state index contributed by atoms with van der Waals surface area (Å²) in [5.74, 6) is -0.816. The van der Waals surface area contributed by atoms with Crippen molar-refractivity contribution in [2.45, 2.75) is 46.6 Å². The first-order valence-corrected chi connectivity index (χ1v) is 12.2. The van der Waals surface area contributed by atoms with E-state index in [2.05, 4.69) is 10.6 Å². The molecule has 7 nitrogen and oxygen atoms in total. The maximum atomic E-state index is 13.0. The molecule has 0 radical (unpaired) electrons. The minimum absolute atomic E-state index is 0.286. The molecule has 31 heavy (non-hydrogen) atoms. The third-order valence-corrected chi connectivity index (χ3v) is 6.32. The van der Waals surface area contributed by atoms with Gasteiger partial charge in [0.15, 0.2) is 0 Å². The van der Waals surface area contributed by atoms with Crippen LogP contribution in [0, 0.1) is 13.8 Å². The van der Waals surface area contributed by atoms with Crippen LogP contribution >= 0.6 is 0 Å². The van der Waals surface area contributed by atoms with E-state index < -0.39 is 22.0 Å². The van der Waals surface area contributed by atoms with Gasteiger partial charge >= 0.3 is 0 Å². The smallest absolute Gasteiger partial charge is 0.253 e. The summed E-state index contributed by atoms with van der Waals surface area (Å²) in [6.45, 7) is 7.92. The first kappa shape index (κ1) is 24.4. The summed E-state index contributed by atoms with van der Waals surface area (Å²) >= 11 is 0. The molecule has 168 valence electrons. The number of unbranched alkanes of at least 4 members (excludes halogenated alkanes) is 1. The van der Waals surface area contributed by atoms with Crippen LogP contribution in [0.1, 0.15) is 48.2 Å². The molecule has 0 saturated carbocycles. The van der Waals surface area contributed by atoms with E-state index >= 15 is 0 Å². The van der Waals surface area contributed by atoms with Crippen molar-refractivity contribution in [1.29, 1.82) is 0 Å². The van der Waals surface area contributed by atoms with Crippen molar-refractivity contribution in [3.05, 3.63) is 59.2 Å². The van der Waals surface area contributed by atoms with Crippen molar-refractivity contribution in [3.8, 4) is 0 Å². The van der Waals surface area contributed by atoms with Crippen LogP contribution in [0.25, 0.3) is 0 Å². The Morgan fingerprint density at radius 2 is 1.74 bits per heavy atom. The van der Waals surface area contributed by atoms with Crippen molar-refractivity contribution in [2.75, 3.05) is 22.4 Å². The van der Waals surface area contributed by atoms with Crippen molar-refractivity contribution >= 4 is 33.2 Å². The zero-order valence-corrected chi connectivity index (χ0v) is 19.5. The van der Waals surface area contributed by atoms with Crippen LogP contribution in [0.4, 0.5) is 11.4 Å². The van der Waals surface area contributed by atoms with Crippen LogP contribution in [-0.4, -0.2) is 39.1 Å². The summed E-state index contributed by atoms with van der Waals surface area (Å²) in [7, 11) is -3.73. The number of nitrogens with zero attached hydrogens (tertiary/aromatic N) is 1. The Bertz CT molecular complexity index is 1050. The van der Waals surface area contributed by atoms with E-state index in [4.69, 9.17) is 0 Å². The first-order chi connectivity index (χ1) is 14.6. The summed E-state index contributed by atoms with van der Waals surface area (Å²) in [6, 6.07) is 10.9. The van der Waals surface area contributed by atoms with Crippen LogP contribution in [-0.2, 0) is 14.8 Å². The fourth-order valence-corrected chi connectivity index (χ4v) is 4.34. The predicted octanol–water partition coefficient (Wildman–Crippen LogP) is 3.63. The highest BCUT2D eigenvalue weighted by Gasteiger charge is 2.30. The van der Waals surface area contributed by atoms with E-state index in [-0.39, 0.29) is 5.91 Å². The Hall–Kier alpha value is -2.87. The van der Waals surface area contributed by atoms with E-state index in [9.17, 15) is 18.0 Å². The number of nitrogens with one attached hydrogen (secondary N) is 2. The fraction of sp³-hybridized carbons (Fsp3) is 0.391. The monoisotopic (exact) mass is 445 g/mol. The lowest BCUT2D eigenvalue weighted by Gasteiger charge is -2.29. The van der Waals surface area contributed by atoms with E-state index in [0.717, 1.165) is 34.5 Å². The summed E-state index contributed by atoms with van der Waals surface area (Å²) in [6.07, 6.45) is 2.88. The topological polar surface area (TPSA) is 95.6 Å². The summed E-state index contributed by atoms with van der Waals surface area (Å²) in [4.78, 5) is 25.5. The minimum Gasteiger partial charge on any atom is -0.352 e. The van der Waals surface area contributed by atoms with Gasteiger partial charge in [-0.05, 0) is 62.6 Å². The number of carbonyl (C=O) groups is 2. The average Bonchev–Trinajstić information content (AvgIpc) is 2.70. The molecule has 2 amide bonds. The molecule has 0 aliphatic carbocycles. The second-order valence-electron chi connectivity index (χ2n) is 7.65. The van der Waals surface area contributed by atoms with Gasteiger partial charge in [-0.3, -0.25) is 13.9 Å². The Labute approximate surface area is 184 Å². The van der Waals surface area contributed by atoms with E-state index in [1.165, 1.54) is 6.92 Å². The Balaban J connectivity index is 2.29. The third kappa shape index (κ3) is 6.30. The molecule has 0 fully saturated rings. The maximum absolute atomic E-state index is 13.0. The summed E-state index contributed by atoms with van der Waals surface area (Å²) in [5.41, 5.74) is 3.03. The largest absolute Gasteiger partial charge is 0.352 e. The zero-order chi connectivity index (χ0) is 23.2. The lowest BCUT2D eigenvalue weighted by atomic mass is 10.1. The zero-order valence-electron chi connectivity index (χ0n) is 18.7. The Morgan fingerprint density at radius 1 is 1.06 bits per heavy atom. The Morgan fingerprint density at radius 3 is 2.35 bits per heavy atom. The molecule has 0 aliphatic rings. The number of carbonyl (C=O) groups excluding carboxylic acids is 2. The highest BCUT2D eigenvalue weighted by molar-refractivity contribution is 7.92. The SMILES string of the molecule is CCCCNC(=O)c1ccccc1NC(=O)[C@H](C)N(c1ccc(C)c(C)c1)S(C)(=O)=O. The fourth-order valence-electron chi connectivity index (χ4n) is 3.17. The molecule has 0 heterocycles. The van der Waals surface area contributed by atoms with Crippen molar-refractivity contribution in [3.63, 3.8) is 0 Å². The molecular formula is C23H31N3O4S. The van der Waals surface area contributed by atoms with Crippen molar-refractivity contribution in [2.24, 2.45) is 0 Å². The highest BCUT2D eigenvalue weighted by Crippen LogP contribution is 2.25. The van der Waals surface area contributed by atoms with Gasteiger partial charge < -0.3 is 10.6 Å². The number of sulfonamides is 1. The molecule has 0 aromatic heterocycles. The van der Waals surface area contributed by atoms with Gasteiger partial charge in [0, 0.05) is 6.54 Å². The molecule has 0 saturated heterocycles. The van der Waals surface area contributed by atoms with Crippen molar-refractivity contribution < 1.29 is 18.0 Å². The van der Waals surface area contributed by atoms with Gasteiger partial charge in [-0.1, -0.05) is 31.5 Å². The van der Waals surface area contributed by atoms with Gasteiger partial charge in [-0.2, -0.15) is 0 Å². The molecule has 0 spiro atoms. The minimum atomic E-state index is -3.73. The van der Waals surface area contributed by atoms with Crippen LogP contribution in [0.5, 0.6) is 0 Å². The van der Waals surface area contributed by atoms with Gasteiger partial charge in [0.1, 0.15) is 6.04 Å². The van der Waals surface area contributed by atoms with Gasteiger partial charge in [-0.15, -0.1) is 0 Å². The predicted molar refractivity (Wildman–Crippen MR) is 125 cm³/mol. The lowest BCUT2D eigenvalue weighted by Crippen LogP contribution is -2.45.